The van der Waals surface area contributed by atoms with Crippen LogP contribution >= 0.6 is 0 Å². The molecule has 0 heterocycles. The van der Waals surface area contributed by atoms with Crippen LogP contribution in [0.2, 0.25) is 0 Å². The Balaban J connectivity index is 5.27. The molecule has 0 saturated heterocycles. The fourth-order valence-corrected chi connectivity index (χ4v) is 3.68. The lowest BCUT2D eigenvalue weighted by molar-refractivity contribution is -0.257. The van der Waals surface area contributed by atoms with Crippen LogP contribution in [0.5, 0.6) is 0 Å². The van der Waals surface area contributed by atoms with Gasteiger partial charge in [0.25, 0.3) is 0 Å². The Kier molecular flexibility index (Phi) is 12.3. The molecule has 0 aliphatic heterocycles. The molecule has 0 aliphatic carbocycles. The van der Waals surface area contributed by atoms with E-state index >= 15 is 0 Å². The van der Waals surface area contributed by atoms with E-state index < -0.39 is 29.9 Å². The first kappa shape index (κ1) is 29.8. The Morgan fingerprint density at radius 3 is 1.97 bits per heavy atom. The highest BCUT2D eigenvalue weighted by Gasteiger charge is 2.40. The number of carbonyl (C=O) groups is 2. The number of carboxylic acid groups (broad SMARTS) is 1. The van der Waals surface area contributed by atoms with Crippen molar-refractivity contribution in [2.45, 2.75) is 112 Å². The number of aliphatic carboxylic acids is 1. The maximum absolute atomic E-state index is 12.0. The monoisotopic (exact) mass is 446 g/mol. The number of rotatable bonds is 14. The van der Waals surface area contributed by atoms with Crippen molar-refractivity contribution in [3.05, 3.63) is 0 Å². The summed E-state index contributed by atoms with van der Waals surface area (Å²) in [5.41, 5.74) is -0.730. The van der Waals surface area contributed by atoms with Crippen LogP contribution in [0.3, 0.4) is 0 Å². The van der Waals surface area contributed by atoms with E-state index in [-0.39, 0.29) is 43.3 Å². The summed E-state index contributed by atoms with van der Waals surface area (Å²) >= 11 is 0. The number of ether oxygens (including phenoxy) is 3. The summed E-state index contributed by atoms with van der Waals surface area (Å²) < 4.78 is 17.4. The molecule has 0 spiro atoms. The number of hydrogen-bond donors (Lipinski definition) is 2. The molecule has 7 heteroatoms. The van der Waals surface area contributed by atoms with Crippen LogP contribution in [0.25, 0.3) is 0 Å². The van der Waals surface area contributed by atoms with Gasteiger partial charge in [-0.1, -0.05) is 48.0 Å². The minimum atomic E-state index is -0.946. The molecule has 0 saturated carbocycles. The molecule has 0 fully saturated rings. The van der Waals surface area contributed by atoms with Crippen LogP contribution in [0, 0.1) is 16.7 Å². The summed E-state index contributed by atoms with van der Waals surface area (Å²) in [6, 6.07) is 0. The van der Waals surface area contributed by atoms with Crippen molar-refractivity contribution in [2.75, 3.05) is 13.2 Å². The fraction of sp³-hybridized carbons (Fsp3) is 0.917. The second kappa shape index (κ2) is 12.8. The van der Waals surface area contributed by atoms with Crippen molar-refractivity contribution in [1.82, 2.24) is 0 Å². The zero-order valence-corrected chi connectivity index (χ0v) is 21.1. The van der Waals surface area contributed by atoms with E-state index in [4.69, 9.17) is 19.3 Å². The van der Waals surface area contributed by atoms with Crippen molar-refractivity contribution in [3.63, 3.8) is 0 Å². The number of hydrogen-bond acceptors (Lipinski definition) is 6. The molecule has 0 amide bonds. The Bertz CT molecular complexity index is 543. The van der Waals surface area contributed by atoms with Gasteiger partial charge in [-0.2, -0.15) is 0 Å². The summed E-state index contributed by atoms with van der Waals surface area (Å²) in [6.45, 7) is 18.3. The molecule has 0 radical (unpaired) electrons. The van der Waals surface area contributed by atoms with E-state index in [9.17, 15) is 14.7 Å². The standard InChI is InChI=1S/C24H46O7/c1-10-17(14-22(2,3)4)24(8,9)18(15-25)30-21(31-23(5,6)7)16-29-20(28)13-11-12-19(26)27/h17-18,21,25H,10-16H2,1-9H3,(H,26,27). The van der Waals surface area contributed by atoms with Crippen LogP contribution < -0.4 is 0 Å². The first-order valence-corrected chi connectivity index (χ1v) is 11.3. The van der Waals surface area contributed by atoms with Crippen molar-refractivity contribution >= 4 is 11.9 Å². The van der Waals surface area contributed by atoms with Gasteiger partial charge in [-0.15, -0.1) is 0 Å². The Morgan fingerprint density at radius 2 is 1.55 bits per heavy atom. The van der Waals surface area contributed by atoms with Gasteiger partial charge in [-0.3, -0.25) is 9.59 Å². The predicted molar refractivity (Wildman–Crippen MR) is 121 cm³/mol. The molecule has 2 N–H and O–H groups in total. The van der Waals surface area contributed by atoms with Gasteiger partial charge < -0.3 is 24.4 Å². The normalized spacial score (nSPS) is 15.9. The van der Waals surface area contributed by atoms with E-state index in [2.05, 4.69) is 41.5 Å². The van der Waals surface area contributed by atoms with Crippen molar-refractivity contribution in [1.29, 1.82) is 0 Å². The molecule has 0 bridgehead atoms. The van der Waals surface area contributed by atoms with E-state index in [0.29, 0.717) is 5.92 Å². The molecular formula is C24H46O7. The maximum Gasteiger partial charge on any atom is 0.305 e. The van der Waals surface area contributed by atoms with Crippen molar-refractivity contribution in [2.24, 2.45) is 16.7 Å². The highest BCUT2D eigenvalue weighted by atomic mass is 16.7. The van der Waals surface area contributed by atoms with Gasteiger partial charge in [-0.05, 0) is 50.4 Å². The Hall–Kier alpha value is -1.18. The Labute approximate surface area is 188 Å². The molecular weight excluding hydrogens is 400 g/mol. The van der Waals surface area contributed by atoms with E-state index in [1.807, 2.05) is 20.8 Å². The molecule has 0 aliphatic rings. The van der Waals surface area contributed by atoms with Gasteiger partial charge in [0.15, 0.2) is 6.29 Å². The zero-order chi connectivity index (χ0) is 24.5. The second-order valence-corrected chi connectivity index (χ2v) is 11.1. The maximum atomic E-state index is 12.0. The smallest absolute Gasteiger partial charge is 0.305 e. The molecule has 3 unspecified atom stereocenters. The largest absolute Gasteiger partial charge is 0.481 e. The third kappa shape index (κ3) is 13.1. The van der Waals surface area contributed by atoms with Gasteiger partial charge >= 0.3 is 11.9 Å². The predicted octanol–water partition coefficient (Wildman–Crippen LogP) is 4.79. The number of esters is 1. The van der Waals surface area contributed by atoms with Crippen molar-refractivity contribution < 1.29 is 34.0 Å². The molecule has 184 valence electrons. The van der Waals surface area contributed by atoms with Gasteiger partial charge in [0, 0.05) is 12.8 Å². The molecule has 31 heavy (non-hydrogen) atoms. The van der Waals surface area contributed by atoms with E-state index in [1.165, 1.54) is 0 Å². The average Bonchev–Trinajstić information content (AvgIpc) is 2.59. The third-order valence-corrected chi connectivity index (χ3v) is 5.35. The fourth-order valence-electron chi connectivity index (χ4n) is 3.68. The summed E-state index contributed by atoms with van der Waals surface area (Å²) in [5.74, 6) is -1.12. The highest BCUT2D eigenvalue weighted by molar-refractivity contribution is 5.71. The lowest BCUT2D eigenvalue weighted by Gasteiger charge is -2.43. The van der Waals surface area contributed by atoms with Gasteiger partial charge in [-0.25, -0.2) is 0 Å². The summed E-state index contributed by atoms with van der Waals surface area (Å²) in [4.78, 5) is 22.6. The minimum Gasteiger partial charge on any atom is -0.481 e. The van der Waals surface area contributed by atoms with Gasteiger partial charge in [0.1, 0.15) is 6.61 Å². The number of carbonyl (C=O) groups excluding carboxylic acids is 1. The minimum absolute atomic E-state index is 0.0208. The molecule has 0 aromatic rings. The molecule has 7 nitrogen and oxygen atoms in total. The lowest BCUT2D eigenvalue weighted by atomic mass is 9.67. The average molecular weight is 447 g/mol. The number of carboxylic acids is 1. The highest BCUT2D eigenvalue weighted by Crippen LogP contribution is 2.42. The molecule has 0 aromatic carbocycles. The summed E-state index contributed by atoms with van der Waals surface area (Å²) in [5, 5.41) is 18.8. The van der Waals surface area contributed by atoms with Gasteiger partial charge in [0.05, 0.1) is 18.3 Å². The lowest BCUT2D eigenvalue weighted by Crippen LogP contribution is -2.46. The number of aliphatic hydroxyl groups is 1. The first-order chi connectivity index (χ1) is 14.0. The van der Waals surface area contributed by atoms with Gasteiger partial charge in [0.2, 0.25) is 0 Å². The van der Waals surface area contributed by atoms with Crippen molar-refractivity contribution in [3.8, 4) is 0 Å². The second-order valence-electron chi connectivity index (χ2n) is 11.1. The molecule has 0 aromatic heterocycles. The first-order valence-electron chi connectivity index (χ1n) is 11.3. The van der Waals surface area contributed by atoms with Crippen LogP contribution in [0.15, 0.2) is 0 Å². The summed E-state index contributed by atoms with van der Waals surface area (Å²) in [6.07, 6.45) is 0.752. The molecule has 0 rings (SSSR count). The van der Waals surface area contributed by atoms with Crippen LogP contribution in [-0.4, -0.2) is 53.4 Å². The quantitative estimate of drug-likeness (QED) is 0.292. The van der Waals surface area contributed by atoms with E-state index in [0.717, 1.165) is 12.8 Å². The summed E-state index contributed by atoms with van der Waals surface area (Å²) in [7, 11) is 0. The topological polar surface area (TPSA) is 102 Å². The van der Waals surface area contributed by atoms with E-state index in [1.54, 1.807) is 0 Å². The SMILES string of the molecule is CCC(CC(C)(C)C)C(C)(C)C(CO)OC(COC(=O)CCCC(=O)O)OC(C)(C)C. The van der Waals surface area contributed by atoms with Crippen LogP contribution in [0.4, 0.5) is 0 Å². The number of aliphatic hydroxyl groups excluding tert-OH is 1. The van der Waals surface area contributed by atoms with Crippen LogP contribution in [-0.2, 0) is 23.8 Å². The third-order valence-electron chi connectivity index (χ3n) is 5.35. The molecule has 3 atom stereocenters. The Morgan fingerprint density at radius 1 is 0.968 bits per heavy atom. The van der Waals surface area contributed by atoms with Crippen LogP contribution in [0.1, 0.15) is 94.4 Å². The zero-order valence-electron chi connectivity index (χ0n) is 21.1.